The minimum absolute atomic E-state index is 0.0159. The Hall–Kier alpha value is -5.83. The molecule has 2 aromatic carbocycles. The van der Waals surface area contributed by atoms with Crippen LogP contribution in [0.1, 0.15) is 69.8 Å². The number of hydrogen-bond acceptors (Lipinski definition) is 13. The Bertz CT molecular complexity index is 2660. The summed E-state index contributed by atoms with van der Waals surface area (Å²) in [6.45, 7) is 11.5. The molecule has 4 heterocycles. The molecule has 2 fully saturated rings. The fraction of sp³-hybridized carbons (Fsp3) is 0.458. The number of ether oxygens (including phenoxy) is 4. The molecule has 0 saturated carbocycles. The third-order valence-corrected chi connectivity index (χ3v) is 13.3. The molecule has 16 nitrogen and oxygen atoms in total. The van der Waals surface area contributed by atoms with Crippen molar-refractivity contribution >= 4 is 75.3 Å². The second-order valence-electron chi connectivity index (χ2n) is 18.1. The number of nitriles is 1. The number of amides is 4. The second kappa shape index (κ2) is 23.2. The van der Waals surface area contributed by atoms with Crippen LogP contribution in [0.25, 0.3) is 10.4 Å². The van der Waals surface area contributed by atoms with Gasteiger partial charge in [0.05, 0.1) is 83.3 Å². The first kappa shape index (κ1) is 54.5. The van der Waals surface area contributed by atoms with Crippen LogP contribution in [0, 0.1) is 29.5 Å². The number of nitrogens with zero attached hydrogens (tertiary/aromatic N) is 6. The van der Waals surface area contributed by atoms with Crippen LogP contribution in [-0.2, 0) is 46.1 Å². The van der Waals surface area contributed by atoms with E-state index in [-0.39, 0.29) is 79.8 Å². The molecule has 2 aliphatic heterocycles. The van der Waals surface area contributed by atoms with E-state index in [1.165, 1.54) is 37.1 Å². The summed E-state index contributed by atoms with van der Waals surface area (Å²) >= 11 is 13.6. The maximum Gasteiger partial charge on any atom is 0.420 e. The first-order valence-corrected chi connectivity index (χ1v) is 24.1. The van der Waals surface area contributed by atoms with Crippen LogP contribution >= 0.6 is 35.2 Å². The molecule has 2 aromatic heterocycles. The fourth-order valence-electron chi connectivity index (χ4n) is 7.96. The summed E-state index contributed by atoms with van der Waals surface area (Å²) in [5.41, 5.74) is -0.907. The highest BCUT2D eigenvalue weighted by atomic mass is 35.5. The van der Waals surface area contributed by atoms with Crippen molar-refractivity contribution in [1.82, 2.24) is 25.5 Å². The summed E-state index contributed by atoms with van der Waals surface area (Å²) in [6.07, 6.45) is -2.80. The molecule has 380 valence electrons. The molecular formula is C48H53ClF4N8O8S2. The van der Waals surface area contributed by atoms with Crippen LogP contribution in [-0.4, -0.2) is 114 Å². The van der Waals surface area contributed by atoms with Gasteiger partial charge in [0.15, 0.2) is 10.9 Å². The van der Waals surface area contributed by atoms with E-state index < -0.39 is 63.7 Å². The van der Waals surface area contributed by atoms with E-state index in [1.54, 1.807) is 16.2 Å². The number of thiazole rings is 1. The monoisotopic (exact) mass is 1040 g/mol. The number of halogens is 5. The van der Waals surface area contributed by atoms with Gasteiger partial charge in [-0.1, -0.05) is 56.6 Å². The standard InChI is InChI=1S/C48H53ClF4N8O8S2/c1-28-40(71-27-57-28)30-11-9-29(10-12-30)24-56-42(63)34-8-7-15-59(34)43(64)41(46(2,3)4)58-36(62)26-68-19-18-66-16-17-67-20-21-69-37-22-32(49)35(25-55-37)61-45(70)60(44(65)47(61,5)6)33-14-13-31(23-54)38(39(33)50)48(51,52)53/h9-14,22,25,27,34,41H,7-8,15-21,24,26H2,1-6H3,(H,56,63)(H,58,62)/t34?,41-/m1/s1. The van der Waals surface area contributed by atoms with Gasteiger partial charge in [-0.05, 0) is 74.5 Å². The largest absolute Gasteiger partial charge is 0.475 e. The number of carbonyl (C=O) groups excluding carboxylic acids is 4. The smallest absolute Gasteiger partial charge is 0.420 e. The predicted octanol–water partition coefficient (Wildman–Crippen LogP) is 7.38. The Kier molecular flexibility index (Phi) is 17.8. The average Bonchev–Trinajstić information content (AvgIpc) is 4.02. The molecule has 23 heteroatoms. The number of anilines is 2. The zero-order valence-corrected chi connectivity index (χ0v) is 42.2. The molecular weight excluding hydrogens is 992 g/mol. The van der Waals surface area contributed by atoms with Crippen LogP contribution in [0.5, 0.6) is 5.88 Å². The van der Waals surface area contributed by atoms with E-state index >= 15 is 4.39 Å². The number of likely N-dealkylation sites (tertiary alicyclic amines) is 1. The van der Waals surface area contributed by atoms with Crippen molar-refractivity contribution < 1.29 is 55.7 Å². The van der Waals surface area contributed by atoms with Crippen molar-refractivity contribution in [2.45, 2.75) is 84.7 Å². The first-order chi connectivity index (χ1) is 33.6. The van der Waals surface area contributed by atoms with Crippen molar-refractivity contribution in [3.63, 3.8) is 0 Å². The van der Waals surface area contributed by atoms with Crippen molar-refractivity contribution in [1.29, 1.82) is 5.26 Å². The number of aromatic nitrogens is 2. The Labute approximate surface area is 422 Å². The normalized spacial score (nSPS) is 16.3. The number of alkyl halides is 3. The molecule has 0 aliphatic carbocycles. The van der Waals surface area contributed by atoms with Gasteiger partial charge in [0, 0.05) is 19.2 Å². The number of rotatable bonds is 20. The number of hydrogen-bond donors (Lipinski definition) is 2. The molecule has 2 atom stereocenters. The van der Waals surface area contributed by atoms with Crippen LogP contribution in [0.2, 0.25) is 5.02 Å². The Morgan fingerprint density at radius 2 is 1.66 bits per heavy atom. The van der Waals surface area contributed by atoms with E-state index in [1.807, 2.05) is 57.5 Å². The summed E-state index contributed by atoms with van der Waals surface area (Å²) in [5.74, 6) is -3.67. The van der Waals surface area contributed by atoms with Crippen LogP contribution in [0.3, 0.4) is 0 Å². The van der Waals surface area contributed by atoms with Crippen LogP contribution in [0.15, 0.2) is 54.2 Å². The number of pyridine rings is 1. The van der Waals surface area contributed by atoms with Gasteiger partial charge in [-0.2, -0.15) is 18.4 Å². The third-order valence-electron chi connectivity index (χ3n) is 11.6. The number of benzene rings is 2. The topological polar surface area (TPSA) is 189 Å². The van der Waals surface area contributed by atoms with E-state index in [0.29, 0.717) is 30.8 Å². The first-order valence-electron chi connectivity index (χ1n) is 22.4. The predicted molar refractivity (Wildman–Crippen MR) is 260 cm³/mol. The molecule has 2 saturated heterocycles. The maximum atomic E-state index is 15.4. The third kappa shape index (κ3) is 12.8. The lowest BCUT2D eigenvalue weighted by Crippen LogP contribution is -2.58. The number of thiocarbonyl (C=S) groups is 1. The zero-order valence-electron chi connectivity index (χ0n) is 39.8. The Morgan fingerprint density at radius 3 is 2.27 bits per heavy atom. The lowest BCUT2D eigenvalue weighted by atomic mass is 9.85. The van der Waals surface area contributed by atoms with Gasteiger partial charge >= 0.3 is 6.18 Å². The van der Waals surface area contributed by atoms with Gasteiger partial charge in [-0.15, -0.1) is 11.3 Å². The van der Waals surface area contributed by atoms with Crippen molar-refractivity contribution in [2.24, 2.45) is 5.41 Å². The lowest BCUT2D eigenvalue weighted by molar-refractivity contribution is -0.144. The van der Waals surface area contributed by atoms with Crippen LogP contribution in [0.4, 0.5) is 28.9 Å². The summed E-state index contributed by atoms with van der Waals surface area (Å²) in [7, 11) is 0. The van der Waals surface area contributed by atoms with Gasteiger partial charge in [0.25, 0.3) is 5.91 Å². The molecule has 0 radical (unpaired) electrons. The molecule has 4 aromatic rings. The van der Waals surface area contributed by atoms with Gasteiger partial charge in [-0.25, -0.2) is 14.4 Å². The quantitative estimate of drug-likeness (QED) is 0.0508. The molecule has 71 heavy (non-hydrogen) atoms. The molecule has 2 N–H and O–H groups in total. The van der Waals surface area contributed by atoms with E-state index in [0.717, 1.165) is 33.8 Å². The molecule has 0 bridgehead atoms. The summed E-state index contributed by atoms with van der Waals surface area (Å²) < 4.78 is 78.8. The average molecular weight is 1050 g/mol. The van der Waals surface area contributed by atoms with Crippen molar-refractivity contribution in [2.75, 3.05) is 62.6 Å². The second-order valence-corrected chi connectivity index (χ2v) is 19.7. The van der Waals surface area contributed by atoms with Gasteiger partial charge in [-0.3, -0.25) is 24.1 Å². The van der Waals surface area contributed by atoms with Gasteiger partial charge in [0.2, 0.25) is 23.6 Å². The lowest BCUT2D eigenvalue weighted by Gasteiger charge is -2.35. The van der Waals surface area contributed by atoms with Gasteiger partial charge in [0.1, 0.15) is 36.4 Å². The number of nitrogens with one attached hydrogen (secondary N) is 2. The number of aryl methyl sites for hydroxylation is 1. The molecule has 1 unspecified atom stereocenters. The van der Waals surface area contributed by atoms with Gasteiger partial charge < -0.3 is 39.4 Å². The SMILES string of the molecule is Cc1ncsc1-c1ccc(CNC(=O)C2CCCN2C(=O)[C@@H](NC(=O)COCCOCCOCCOc2cc(Cl)c(N3C(=S)N(c4ccc(C#N)c(C(F)(F)F)c4F)C(=O)C3(C)C)cn2)C(C)(C)C)cc1. The molecule has 4 amide bonds. The molecule has 2 aliphatic rings. The highest BCUT2D eigenvalue weighted by Crippen LogP contribution is 2.43. The van der Waals surface area contributed by atoms with E-state index in [4.69, 9.17) is 48.0 Å². The highest BCUT2D eigenvalue weighted by molar-refractivity contribution is 7.81. The minimum Gasteiger partial charge on any atom is -0.475 e. The zero-order chi connectivity index (χ0) is 51.8. The number of carbonyl (C=O) groups is 4. The van der Waals surface area contributed by atoms with Crippen molar-refractivity contribution in [3.05, 3.63) is 87.4 Å². The van der Waals surface area contributed by atoms with E-state index in [9.17, 15) is 32.3 Å². The van der Waals surface area contributed by atoms with Crippen molar-refractivity contribution in [3.8, 4) is 22.4 Å². The Balaban J connectivity index is 0.877. The summed E-state index contributed by atoms with van der Waals surface area (Å²) in [5, 5.41) is 14.6. The fourth-order valence-corrected chi connectivity index (χ4v) is 9.51. The van der Waals surface area contributed by atoms with E-state index in [2.05, 4.69) is 20.6 Å². The summed E-state index contributed by atoms with van der Waals surface area (Å²) in [6, 6.07) is 10.7. The minimum atomic E-state index is -5.22. The maximum absolute atomic E-state index is 15.4. The van der Waals surface area contributed by atoms with Crippen LogP contribution < -0.4 is 25.2 Å². The highest BCUT2D eigenvalue weighted by Gasteiger charge is 2.52. The molecule has 0 spiro atoms. The Morgan fingerprint density at radius 1 is 1.00 bits per heavy atom. The summed E-state index contributed by atoms with van der Waals surface area (Å²) in [4.78, 5) is 66.8. The molecule has 6 rings (SSSR count).